The van der Waals surface area contributed by atoms with Gasteiger partial charge in [0.2, 0.25) is 0 Å². The molecule has 0 atom stereocenters. The van der Waals surface area contributed by atoms with E-state index in [1.54, 1.807) is 6.07 Å². The standard InChI is InChI=1S/C11H15F.C2H6/c1-4-9-5-6-11(12)10(7-9)8(2)3;1-2/h5-8H,4H2,1-3H3;1-2H3. The van der Waals surface area contributed by atoms with Crippen LogP contribution in [0.5, 0.6) is 0 Å². The molecule has 0 aliphatic heterocycles. The van der Waals surface area contributed by atoms with E-state index in [1.165, 1.54) is 5.56 Å². The minimum absolute atomic E-state index is 0.0813. The Hall–Kier alpha value is -0.850. The second-order valence-electron chi connectivity index (χ2n) is 3.36. The maximum atomic E-state index is 13.2. The van der Waals surface area contributed by atoms with Crippen molar-refractivity contribution in [2.24, 2.45) is 0 Å². The molecule has 0 aliphatic rings. The van der Waals surface area contributed by atoms with Crippen molar-refractivity contribution in [3.63, 3.8) is 0 Å². The number of aryl methyl sites for hydroxylation is 1. The third kappa shape index (κ3) is 3.49. The first-order chi connectivity index (χ1) is 6.65. The predicted octanol–water partition coefficient (Wildman–Crippen LogP) is 4.54. The first kappa shape index (κ1) is 13.2. The SMILES string of the molecule is CC.CCc1ccc(F)c(C(C)C)c1. The van der Waals surface area contributed by atoms with E-state index in [-0.39, 0.29) is 11.7 Å². The van der Waals surface area contributed by atoms with Gasteiger partial charge in [0.05, 0.1) is 0 Å². The molecule has 1 aromatic carbocycles. The molecule has 0 N–H and O–H groups in total. The van der Waals surface area contributed by atoms with Gasteiger partial charge in [-0.1, -0.05) is 46.8 Å². The molecule has 0 spiro atoms. The first-order valence-corrected chi connectivity index (χ1v) is 5.43. The van der Waals surface area contributed by atoms with Gasteiger partial charge in [0.15, 0.2) is 0 Å². The van der Waals surface area contributed by atoms with Gasteiger partial charge in [-0.3, -0.25) is 0 Å². The van der Waals surface area contributed by atoms with Crippen molar-refractivity contribution in [1.29, 1.82) is 0 Å². The number of halogens is 1. The fourth-order valence-corrected chi connectivity index (χ4v) is 1.26. The van der Waals surface area contributed by atoms with Gasteiger partial charge in [-0.15, -0.1) is 0 Å². The molecule has 0 amide bonds. The third-order valence-corrected chi connectivity index (χ3v) is 2.09. The van der Waals surface area contributed by atoms with Crippen LogP contribution in [-0.2, 0) is 6.42 Å². The summed E-state index contributed by atoms with van der Waals surface area (Å²) >= 11 is 0. The van der Waals surface area contributed by atoms with Crippen LogP contribution in [0, 0.1) is 5.82 Å². The number of rotatable bonds is 2. The summed E-state index contributed by atoms with van der Waals surface area (Å²) in [4.78, 5) is 0. The Morgan fingerprint density at radius 3 is 2.21 bits per heavy atom. The zero-order valence-electron chi connectivity index (χ0n) is 9.89. The summed E-state index contributed by atoms with van der Waals surface area (Å²) in [5.74, 6) is 0.193. The van der Waals surface area contributed by atoms with Crippen molar-refractivity contribution in [1.82, 2.24) is 0 Å². The topological polar surface area (TPSA) is 0 Å². The zero-order valence-corrected chi connectivity index (χ0v) is 9.89. The number of hydrogen-bond donors (Lipinski definition) is 0. The molecule has 0 fully saturated rings. The average Bonchev–Trinajstić information content (AvgIpc) is 2.21. The lowest BCUT2D eigenvalue weighted by Crippen LogP contribution is -1.94. The van der Waals surface area contributed by atoms with Crippen LogP contribution in [0.4, 0.5) is 4.39 Å². The molecule has 1 aromatic rings. The van der Waals surface area contributed by atoms with Crippen LogP contribution in [-0.4, -0.2) is 0 Å². The van der Waals surface area contributed by atoms with Gasteiger partial charge >= 0.3 is 0 Å². The van der Waals surface area contributed by atoms with Crippen LogP contribution in [0.1, 0.15) is 51.7 Å². The third-order valence-electron chi connectivity index (χ3n) is 2.09. The Balaban J connectivity index is 0.000000791. The van der Waals surface area contributed by atoms with Crippen molar-refractivity contribution >= 4 is 0 Å². The lowest BCUT2D eigenvalue weighted by molar-refractivity contribution is 0.597. The average molecular weight is 196 g/mol. The van der Waals surface area contributed by atoms with Gasteiger partial charge in [0.25, 0.3) is 0 Å². The largest absolute Gasteiger partial charge is 0.207 e. The normalized spacial score (nSPS) is 9.64. The van der Waals surface area contributed by atoms with E-state index in [4.69, 9.17) is 0 Å². The van der Waals surface area contributed by atoms with Gasteiger partial charge in [-0.25, -0.2) is 4.39 Å². The summed E-state index contributed by atoms with van der Waals surface area (Å²) < 4.78 is 13.2. The fraction of sp³-hybridized carbons (Fsp3) is 0.538. The highest BCUT2D eigenvalue weighted by Gasteiger charge is 2.05. The van der Waals surface area contributed by atoms with Crippen LogP contribution in [0.3, 0.4) is 0 Å². The summed E-state index contributed by atoms with van der Waals surface area (Å²) in [6.07, 6.45) is 0.972. The van der Waals surface area contributed by atoms with Crippen LogP contribution in [0.15, 0.2) is 18.2 Å². The van der Waals surface area contributed by atoms with Crippen molar-refractivity contribution in [2.75, 3.05) is 0 Å². The van der Waals surface area contributed by atoms with Gasteiger partial charge in [0.1, 0.15) is 5.82 Å². The Bertz CT molecular complexity index is 264. The smallest absolute Gasteiger partial charge is 0.126 e. The molecular formula is C13H21F. The lowest BCUT2D eigenvalue weighted by Gasteiger charge is -2.08. The maximum absolute atomic E-state index is 13.2. The molecule has 1 rings (SSSR count). The zero-order chi connectivity index (χ0) is 11.1. The van der Waals surface area contributed by atoms with Gasteiger partial charge in [0, 0.05) is 0 Å². The monoisotopic (exact) mass is 196 g/mol. The second kappa shape index (κ2) is 6.58. The molecule has 0 aliphatic carbocycles. The van der Waals surface area contributed by atoms with Crippen LogP contribution >= 0.6 is 0 Å². The molecule has 0 heterocycles. The molecule has 14 heavy (non-hydrogen) atoms. The Kier molecular flexibility index (Phi) is 6.18. The molecule has 0 unspecified atom stereocenters. The summed E-state index contributed by atoms with van der Waals surface area (Å²) in [7, 11) is 0. The Morgan fingerprint density at radius 1 is 1.21 bits per heavy atom. The molecule has 0 nitrogen and oxygen atoms in total. The fourth-order valence-electron chi connectivity index (χ4n) is 1.26. The molecule has 0 saturated heterocycles. The molecule has 1 heteroatoms. The lowest BCUT2D eigenvalue weighted by atomic mass is 9.99. The van der Waals surface area contributed by atoms with E-state index < -0.39 is 0 Å². The molecular weight excluding hydrogens is 175 g/mol. The first-order valence-electron chi connectivity index (χ1n) is 5.43. The van der Waals surface area contributed by atoms with E-state index in [1.807, 2.05) is 39.8 Å². The van der Waals surface area contributed by atoms with E-state index in [9.17, 15) is 4.39 Å². The molecule has 0 bridgehead atoms. The van der Waals surface area contributed by atoms with Gasteiger partial charge in [-0.2, -0.15) is 0 Å². The minimum atomic E-state index is -0.0813. The summed E-state index contributed by atoms with van der Waals surface area (Å²) in [5, 5.41) is 0. The van der Waals surface area contributed by atoms with E-state index in [2.05, 4.69) is 6.92 Å². The molecule has 0 radical (unpaired) electrons. The molecule has 0 aromatic heterocycles. The molecule has 0 saturated carbocycles. The van der Waals surface area contributed by atoms with Crippen molar-refractivity contribution in [3.05, 3.63) is 35.1 Å². The highest BCUT2D eigenvalue weighted by molar-refractivity contribution is 5.27. The van der Waals surface area contributed by atoms with Crippen LogP contribution in [0.25, 0.3) is 0 Å². The summed E-state index contributed by atoms with van der Waals surface area (Å²) in [5.41, 5.74) is 2.04. The molecule has 80 valence electrons. The van der Waals surface area contributed by atoms with E-state index in [0.29, 0.717) is 0 Å². The minimum Gasteiger partial charge on any atom is -0.207 e. The van der Waals surface area contributed by atoms with Crippen molar-refractivity contribution in [2.45, 2.75) is 47.0 Å². The van der Waals surface area contributed by atoms with E-state index >= 15 is 0 Å². The van der Waals surface area contributed by atoms with Crippen molar-refractivity contribution in [3.8, 4) is 0 Å². The van der Waals surface area contributed by atoms with Crippen LogP contribution in [0.2, 0.25) is 0 Å². The predicted molar refractivity (Wildman–Crippen MR) is 61.2 cm³/mol. The van der Waals surface area contributed by atoms with Gasteiger partial charge < -0.3 is 0 Å². The Morgan fingerprint density at radius 2 is 1.79 bits per heavy atom. The van der Waals surface area contributed by atoms with Crippen LogP contribution < -0.4 is 0 Å². The van der Waals surface area contributed by atoms with Crippen molar-refractivity contribution < 1.29 is 4.39 Å². The number of hydrogen-bond acceptors (Lipinski definition) is 0. The maximum Gasteiger partial charge on any atom is 0.126 e. The summed E-state index contributed by atoms with van der Waals surface area (Å²) in [6.45, 7) is 10.1. The number of benzene rings is 1. The van der Waals surface area contributed by atoms with Gasteiger partial charge in [-0.05, 0) is 29.5 Å². The van der Waals surface area contributed by atoms with E-state index in [0.717, 1.165) is 12.0 Å². The summed E-state index contributed by atoms with van der Waals surface area (Å²) in [6, 6.07) is 5.37. The Labute approximate surface area is 87.2 Å². The highest BCUT2D eigenvalue weighted by Crippen LogP contribution is 2.19. The quantitative estimate of drug-likeness (QED) is 0.651. The highest BCUT2D eigenvalue weighted by atomic mass is 19.1. The second-order valence-corrected chi connectivity index (χ2v) is 3.36.